The molecule has 1 fully saturated rings. The summed E-state index contributed by atoms with van der Waals surface area (Å²) in [4.78, 5) is 21.1. The first-order valence-corrected chi connectivity index (χ1v) is 8.47. The molecule has 1 saturated heterocycles. The number of benzene rings is 1. The summed E-state index contributed by atoms with van der Waals surface area (Å²) in [6, 6.07) is 9.48. The van der Waals surface area contributed by atoms with E-state index in [2.05, 4.69) is 15.3 Å². The van der Waals surface area contributed by atoms with Gasteiger partial charge in [0, 0.05) is 11.8 Å². The van der Waals surface area contributed by atoms with Crippen LogP contribution in [0.25, 0.3) is 11.2 Å². The molecule has 0 aliphatic carbocycles. The van der Waals surface area contributed by atoms with Crippen LogP contribution >= 0.6 is 0 Å². The molecule has 27 heavy (non-hydrogen) atoms. The number of rotatable bonds is 4. The Hall–Kier alpha value is -3.01. The van der Waals surface area contributed by atoms with Crippen LogP contribution in [0.1, 0.15) is 16.6 Å². The van der Waals surface area contributed by atoms with Gasteiger partial charge in [0.2, 0.25) is 0 Å². The summed E-state index contributed by atoms with van der Waals surface area (Å²) in [5, 5.41) is 22.9. The molecule has 9 heteroatoms. The first-order chi connectivity index (χ1) is 13.1. The zero-order valence-electron chi connectivity index (χ0n) is 14.3. The zero-order valence-corrected chi connectivity index (χ0v) is 14.3. The van der Waals surface area contributed by atoms with Gasteiger partial charge in [0.25, 0.3) is 5.91 Å². The molecule has 1 aliphatic heterocycles. The number of carbonyl (C=O) groups is 1. The van der Waals surface area contributed by atoms with Crippen molar-refractivity contribution in [2.45, 2.75) is 24.5 Å². The number of imidazole rings is 1. The fourth-order valence-corrected chi connectivity index (χ4v) is 3.25. The third kappa shape index (κ3) is 3.01. The number of amides is 1. The topological polar surface area (TPSA) is 136 Å². The van der Waals surface area contributed by atoms with Crippen LogP contribution < -0.4 is 11.1 Å². The monoisotopic (exact) mass is 369 g/mol. The van der Waals surface area contributed by atoms with Crippen molar-refractivity contribution in [1.29, 1.82) is 0 Å². The van der Waals surface area contributed by atoms with E-state index in [1.165, 1.54) is 6.33 Å². The van der Waals surface area contributed by atoms with E-state index in [4.69, 9.17) is 10.5 Å². The number of anilines is 1. The van der Waals surface area contributed by atoms with Gasteiger partial charge in [0.15, 0.2) is 11.9 Å². The third-order valence-electron chi connectivity index (χ3n) is 4.65. The van der Waals surface area contributed by atoms with Gasteiger partial charge in [-0.15, -0.1) is 0 Å². The van der Waals surface area contributed by atoms with Crippen LogP contribution in [-0.2, 0) is 4.74 Å². The number of pyridine rings is 1. The van der Waals surface area contributed by atoms with Gasteiger partial charge in [-0.05, 0) is 18.2 Å². The number of carbonyl (C=O) groups excluding carboxylic acids is 1. The molecule has 1 amide bonds. The molecule has 0 spiro atoms. The smallest absolute Gasteiger partial charge is 0.251 e. The molecule has 1 aliphatic rings. The van der Waals surface area contributed by atoms with Crippen molar-refractivity contribution < 1.29 is 19.7 Å². The molecule has 0 saturated carbocycles. The Morgan fingerprint density at radius 1 is 1.26 bits per heavy atom. The maximum absolute atomic E-state index is 12.6. The number of aromatic nitrogens is 3. The van der Waals surface area contributed by atoms with Gasteiger partial charge in [-0.25, -0.2) is 9.97 Å². The average Bonchev–Trinajstić information content (AvgIpc) is 3.25. The second-order valence-corrected chi connectivity index (χ2v) is 6.33. The summed E-state index contributed by atoms with van der Waals surface area (Å²) in [5.74, 6) is -0.358. The largest absolute Gasteiger partial charge is 0.397 e. The number of ether oxygens (including phenoxy) is 1. The first-order valence-electron chi connectivity index (χ1n) is 8.47. The Kier molecular flexibility index (Phi) is 4.48. The maximum atomic E-state index is 12.6. The Morgan fingerprint density at radius 3 is 2.78 bits per heavy atom. The third-order valence-corrected chi connectivity index (χ3v) is 4.65. The average molecular weight is 369 g/mol. The van der Waals surface area contributed by atoms with Crippen molar-refractivity contribution in [2.24, 2.45) is 0 Å². The Bertz CT molecular complexity index is 961. The van der Waals surface area contributed by atoms with E-state index < -0.39 is 31.1 Å². The minimum Gasteiger partial charge on any atom is -0.397 e. The number of aliphatic hydroxyl groups is 2. The highest BCUT2D eigenvalue weighted by Gasteiger charge is 2.45. The van der Waals surface area contributed by atoms with Crippen LogP contribution in [0.2, 0.25) is 0 Å². The normalized spacial score (nSPS) is 25.0. The van der Waals surface area contributed by atoms with E-state index in [0.29, 0.717) is 22.4 Å². The van der Waals surface area contributed by atoms with Gasteiger partial charge in [-0.1, -0.05) is 18.2 Å². The quantitative estimate of drug-likeness (QED) is 0.511. The van der Waals surface area contributed by atoms with Gasteiger partial charge < -0.3 is 26.0 Å². The molecule has 1 aromatic carbocycles. The van der Waals surface area contributed by atoms with E-state index in [-0.39, 0.29) is 5.91 Å². The Labute approximate surface area is 154 Å². The highest BCUT2D eigenvalue weighted by Crippen LogP contribution is 2.32. The summed E-state index contributed by atoms with van der Waals surface area (Å²) < 4.78 is 7.39. The van der Waals surface area contributed by atoms with Crippen molar-refractivity contribution in [3.8, 4) is 0 Å². The zero-order chi connectivity index (χ0) is 19.0. The second-order valence-electron chi connectivity index (χ2n) is 6.33. The van der Waals surface area contributed by atoms with Crippen molar-refractivity contribution >= 4 is 22.8 Å². The number of hydrogen-bond acceptors (Lipinski definition) is 7. The minimum atomic E-state index is -1.11. The van der Waals surface area contributed by atoms with Gasteiger partial charge >= 0.3 is 0 Å². The van der Waals surface area contributed by atoms with E-state index in [1.807, 2.05) is 6.07 Å². The molecule has 9 nitrogen and oxygen atoms in total. The summed E-state index contributed by atoms with van der Waals surface area (Å²) in [7, 11) is 0. The molecule has 0 radical (unpaired) electrons. The second kappa shape index (κ2) is 6.95. The number of nitrogens with one attached hydrogen (secondary N) is 1. The van der Waals surface area contributed by atoms with Crippen molar-refractivity contribution in [1.82, 2.24) is 19.9 Å². The molecule has 0 bridgehead atoms. The maximum Gasteiger partial charge on any atom is 0.251 e. The van der Waals surface area contributed by atoms with Crippen LogP contribution in [0, 0.1) is 0 Å². The van der Waals surface area contributed by atoms with Gasteiger partial charge in [-0.2, -0.15) is 0 Å². The molecule has 2 aromatic heterocycles. The molecule has 3 aromatic rings. The lowest BCUT2D eigenvalue weighted by Crippen LogP contribution is -2.46. The van der Waals surface area contributed by atoms with Crippen molar-refractivity contribution in [3.05, 3.63) is 54.5 Å². The Morgan fingerprint density at radius 2 is 2.04 bits per heavy atom. The summed E-state index contributed by atoms with van der Waals surface area (Å²) in [5.41, 5.74) is 7.80. The summed E-state index contributed by atoms with van der Waals surface area (Å²) in [6.07, 6.45) is 0.277. The minimum absolute atomic E-state index is 0.358. The summed E-state index contributed by atoms with van der Waals surface area (Å²) in [6.45, 7) is -0.391. The molecule has 4 atom stereocenters. The lowest BCUT2D eigenvalue weighted by molar-refractivity contribution is -0.0440. The van der Waals surface area contributed by atoms with Gasteiger partial charge in [0.1, 0.15) is 23.8 Å². The summed E-state index contributed by atoms with van der Waals surface area (Å²) >= 11 is 0. The Balaban J connectivity index is 1.69. The predicted octanol–water partition coefficient (Wildman–Crippen LogP) is 0.0627. The highest BCUT2D eigenvalue weighted by molar-refractivity contribution is 5.94. The van der Waals surface area contributed by atoms with Crippen LogP contribution in [0.4, 0.5) is 5.69 Å². The molecule has 4 rings (SSSR count). The number of nitrogens with zero attached hydrogens (tertiary/aromatic N) is 3. The van der Waals surface area contributed by atoms with Gasteiger partial charge in [-0.3, -0.25) is 9.36 Å². The van der Waals surface area contributed by atoms with E-state index in [0.717, 1.165) is 0 Å². The van der Waals surface area contributed by atoms with Crippen LogP contribution in [0.3, 0.4) is 0 Å². The number of hydrogen-bond donors (Lipinski definition) is 4. The number of nitrogen functional groups attached to an aromatic ring is 1. The number of nitrogens with two attached hydrogens (primary N) is 1. The molecule has 3 heterocycles. The lowest BCUT2D eigenvalue weighted by Gasteiger charge is -2.23. The number of aliphatic hydroxyl groups excluding tert-OH is 2. The predicted molar refractivity (Wildman–Crippen MR) is 96.6 cm³/mol. The van der Waals surface area contributed by atoms with Crippen LogP contribution in [0.15, 0.2) is 48.9 Å². The van der Waals surface area contributed by atoms with Crippen molar-refractivity contribution in [2.75, 3.05) is 12.3 Å². The first kappa shape index (κ1) is 17.4. The molecule has 1 unspecified atom stereocenters. The fraction of sp³-hybridized carbons (Fsp3) is 0.278. The molecular weight excluding hydrogens is 350 g/mol. The van der Waals surface area contributed by atoms with Crippen LogP contribution in [-0.4, -0.2) is 55.5 Å². The highest BCUT2D eigenvalue weighted by atomic mass is 16.5. The number of fused-ring (bicyclic) bond motifs is 1. The van der Waals surface area contributed by atoms with E-state index >= 15 is 0 Å². The lowest BCUT2D eigenvalue weighted by atomic mass is 10.1. The van der Waals surface area contributed by atoms with Gasteiger partial charge in [0.05, 0.1) is 18.6 Å². The SMILES string of the molecule is Nc1ccnc2c1ncn2[C@@H]1O[C@H](CO)C(O)[C@@H]1NC(=O)c1ccccc1. The standard InChI is InChI=1S/C18H19N5O4/c19-11-6-7-20-16-13(11)21-9-23(16)18-14(15(25)12(8-24)27-18)22-17(26)10-4-2-1-3-5-10/h1-7,9,12,14-15,18,24-25H,8H2,(H2,19,20)(H,22,26)/t12-,14+,15?,18-/m1/s1. The fourth-order valence-electron chi connectivity index (χ4n) is 3.25. The molecule has 140 valence electrons. The van der Waals surface area contributed by atoms with Crippen molar-refractivity contribution in [3.63, 3.8) is 0 Å². The van der Waals surface area contributed by atoms with Crippen LogP contribution in [0.5, 0.6) is 0 Å². The molecule has 5 N–H and O–H groups in total. The van der Waals surface area contributed by atoms with E-state index in [1.54, 1.807) is 41.1 Å². The molecular formula is C18H19N5O4. The van der Waals surface area contributed by atoms with E-state index in [9.17, 15) is 15.0 Å².